The van der Waals surface area contributed by atoms with Gasteiger partial charge in [0.15, 0.2) is 0 Å². The number of hydrogen-bond acceptors (Lipinski definition) is 2. The van der Waals surface area contributed by atoms with Crippen molar-refractivity contribution in [2.45, 2.75) is 38.5 Å². The minimum atomic E-state index is 0.0347. The zero-order valence-corrected chi connectivity index (χ0v) is 7.78. The highest BCUT2D eigenvalue weighted by Crippen LogP contribution is 2.26. The molecule has 0 aliphatic heterocycles. The van der Waals surface area contributed by atoms with Gasteiger partial charge in [-0.3, -0.25) is 4.79 Å². The van der Waals surface area contributed by atoms with Crippen LogP contribution in [0.25, 0.3) is 10.4 Å². The minimum Gasteiger partial charge on any atom is -0.300 e. The quantitative estimate of drug-likeness (QED) is 0.373. The van der Waals surface area contributed by atoms with Gasteiger partial charge >= 0.3 is 0 Å². The number of Topliss-reactive ketones (excluding diaryl/α,β-unsaturated/α-hetero) is 1. The average Bonchev–Trinajstić information content (AvgIpc) is 2.16. The van der Waals surface area contributed by atoms with E-state index < -0.39 is 0 Å². The molecule has 0 atom stereocenters. The molecule has 0 heterocycles. The van der Waals surface area contributed by atoms with Crippen LogP contribution < -0.4 is 0 Å². The van der Waals surface area contributed by atoms with Gasteiger partial charge < -0.3 is 0 Å². The normalized spacial score (nSPS) is 17.8. The summed E-state index contributed by atoms with van der Waals surface area (Å²) >= 11 is 0. The van der Waals surface area contributed by atoms with Crippen molar-refractivity contribution in [2.24, 2.45) is 11.0 Å². The predicted octanol–water partition coefficient (Wildman–Crippen LogP) is 2.84. The zero-order valence-electron chi connectivity index (χ0n) is 7.78. The highest BCUT2D eigenvalue weighted by Gasteiger charge is 2.16. The van der Waals surface area contributed by atoms with Gasteiger partial charge in [-0.15, -0.1) is 0 Å². The van der Waals surface area contributed by atoms with Gasteiger partial charge in [0.05, 0.1) is 6.54 Å². The predicted molar refractivity (Wildman–Crippen MR) is 50.2 cm³/mol. The highest BCUT2D eigenvalue weighted by atomic mass is 16.1. The maximum Gasteiger partial charge on any atom is 0.138 e. The first kappa shape index (κ1) is 10.1. The second kappa shape index (κ2) is 5.60. The molecule has 4 nitrogen and oxygen atoms in total. The van der Waals surface area contributed by atoms with E-state index in [2.05, 4.69) is 10.0 Å². The Morgan fingerprint density at radius 3 is 2.69 bits per heavy atom. The number of carbonyl (C=O) groups is 1. The minimum absolute atomic E-state index is 0.0347. The van der Waals surface area contributed by atoms with E-state index in [4.69, 9.17) is 5.53 Å². The van der Waals surface area contributed by atoms with E-state index in [-0.39, 0.29) is 12.3 Å². The summed E-state index contributed by atoms with van der Waals surface area (Å²) in [7, 11) is 0. The van der Waals surface area contributed by atoms with Gasteiger partial charge in [0.2, 0.25) is 0 Å². The second-order valence-corrected chi connectivity index (χ2v) is 3.64. The third-order valence-electron chi connectivity index (χ3n) is 2.55. The molecular weight excluding hydrogens is 166 g/mol. The Bertz CT molecular complexity index is 215. The van der Waals surface area contributed by atoms with Crippen molar-refractivity contribution in [2.75, 3.05) is 6.54 Å². The van der Waals surface area contributed by atoms with Crippen LogP contribution in [0.5, 0.6) is 0 Å². The van der Waals surface area contributed by atoms with Gasteiger partial charge in [-0.2, -0.15) is 0 Å². The highest BCUT2D eigenvalue weighted by molar-refractivity contribution is 5.80. The van der Waals surface area contributed by atoms with Crippen molar-refractivity contribution in [3.63, 3.8) is 0 Å². The van der Waals surface area contributed by atoms with Crippen LogP contribution in [0, 0.1) is 5.92 Å². The third kappa shape index (κ3) is 3.95. The van der Waals surface area contributed by atoms with Crippen molar-refractivity contribution in [3.8, 4) is 0 Å². The van der Waals surface area contributed by atoms with Gasteiger partial charge in [-0.1, -0.05) is 37.2 Å². The Balaban J connectivity index is 2.21. The van der Waals surface area contributed by atoms with Crippen molar-refractivity contribution in [1.29, 1.82) is 0 Å². The van der Waals surface area contributed by atoms with Gasteiger partial charge in [-0.25, -0.2) is 0 Å². The molecule has 0 aromatic heterocycles. The number of carbonyl (C=O) groups excluding carboxylic acids is 1. The summed E-state index contributed by atoms with van der Waals surface area (Å²) in [6.45, 7) is 0.0347. The Hall–Kier alpha value is -1.02. The lowest BCUT2D eigenvalue weighted by Crippen LogP contribution is -2.13. The van der Waals surface area contributed by atoms with E-state index in [1.165, 1.54) is 32.1 Å². The lowest BCUT2D eigenvalue weighted by Gasteiger charge is -2.20. The van der Waals surface area contributed by atoms with Gasteiger partial charge in [0.25, 0.3) is 0 Å². The summed E-state index contributed by atoms with van der Waals surface area (Å²) in [6.07, 6.45) is 6.75. The molecule has 72 valence electrons. The fraction of sp³-hybridized carbons (Fsp3) is 0.889. The molecule has 1 aliphatic rings. The summed E-state index contributed by atoms with van der Waals surface area (Å²) < 4.78 is 0. The molecule has 1 aliphatic carbocycles. The molecule has 0 aromatic rings. The molecule has 0 aromatic carbocycles. The molecule has 1 saturated carbocycles. The maximum atomic E-state index is 11.2. The largest absolute Gasteiger partial charge is 0.300 e. The molecule has 13 heavy (non-hydrogen) atoms. The molecule has 0 unspecified atom stereocenters. The van der Waals surface area contributed by atoms with Gasteiger partial charge in [0.1, 0.15) is 5.78 Å². The monoisotopic (exact) mass is 181 g/mol. The van der Waals surface area contributed by atoms with E-state index in [9.17, 15) is 4.79 Å². The number of azide groups is 1. The molecule has 0 radical (unpaired) electrons. The van der Waals surface area contributed by atoms with Crippen molar-refractivity contribution < 1.29 is 4.79 Å². The average molecular weight is 181 g/mol. The van der Waals surface area contributed by atoms with Crippen LogP contribution in [0.1, 0.15) is 38.5 Å². The molecule has 1 rings (SSSR count). The Morgan fingerprint density at radius 1 is 1.38 bits per heavy atom. The first-order chi connectivity index (χ1) is 6.33. The van der Waals surface area contributed by atoms with Crippen LogP contribution in [0.4, 0.5) is 0 Å². The van der Waals surface area contributed by atoms with Gasteiger partial charge in [0, 0.05) is 11.3 Å². The van der Waals surface area contributed by atoms with Crippen LogP contribution in [-0.2, 0) is 4.79 Å². The summed E-state index contributed by atoms with van der Waals surface area (Å²) in [4.78, 5) is 13.8. The van der Waals surface area contributed by atoms with Gasteiger partial charge in [-0.05, 0) is 11.4 Å². The molecule has 0 saturated heterocycles. The fourth-order valence-electron chi connectivity index (χ4n) is 1.89. The van der Waals surface area contributed by atoms with Crippen LogP contribution in [-0.4, -0.2) is 12.3 Å². The summed E-state index contributed by atoms with van der Waals surface area (Å²) in [5, 5.41) is 3.27. The Kier molecular flexibility index (Phi) is 4.33. The summed E-state index contributed by atoms with van der Waals surface area (Å²) in [6, 6.07) is 0. The summed E-state index contributed by atoms with van der Waals surface area (Å²) in [5.41, 5.74) is 8.03. The van der Waals surface area contributed by atoms with Crippen LogP contribution >= 0.6 is 0 Å². The zero-order chi connectivity index (χ0) is 9.52. The standard InChI is InChI=1S/C9H15N3O/c10-12-11-7-9(13)6-8-4-2-1-3-5-8/h8H,1-7H2. The Labute approximate surface area is 77.9 Å². The number of hydrogen-bond donors (Lipinski definition) is 0. The van der Waals surface area contributed by atoms with Crippen LogP contribution in [0.2, 0.25) is 0 Å². The SMILES string of the molecule is [N-]=[N+]=NCC(=O)CC1CCCCC1. The van der Waals surface area contributed by atoms with E-state index in [1.54, 1.807) is 0 Å². The lowest BCUT2D eigenvalue weighted by atomic mass is 9.86. The molecule has 1 fully saturated rings. The smallest absolute Gasteiger partial charge is 0.138 e. The van der Waals surface area contributed by atoms with Crippen molar-refractivity contribution in [3.05, 3.63) is 10.4 Å². The first-order valence-corrected chi connectivity index (χ1v) is 4.85. The third-order valence-corrected chi connectivity index (χ3v) is 2.55. The molecular formula is C9H15N3O. The number of ketones is 1. The molecule has 0 N–H and O–H groups in total. The second-order valence-electron chi connectivity index (χ2n) is 3.64. The van der Waals surface area contributed by atoms with E-state index in [0.717, 1.165) is 0 Å². The summed E-state index contributed by atoms with van der Waals surface area (Å²) in [5.74, 6) is 0.639. The molecule has 0 amide bonds. The van der Waals surface area contributed by atoms with Crippen molar-refractivity contribution in [1.82, 2.24) is 0 Å². The number of nitrogens with zero attached hydrogens (tertiary/aromatic N) is 3. The lowest BCUT2D eigenvalue weighted by molar-refractivity contribution is -0.118. The number of rotatable bonds is 4. The maximum absolute atomic E-state index is 11.2. The van der Waals surface area contributed by atoms with Crippen molar-refractivity contribution >= 4 is 5.78 Å². The van der Waals surface area contributed by atoms with E-state index >= 15 is 0 Å². The van der Waals surface area contributed by atoms with E-state index in [0.29, 0.717) is 12.3 Å². The topological polar surface area (TPSA) is 65.8 Å². The first-order valence-electron chi connectivity index (χ1n) is 4.85. The van der Waals surface area contributed by atoms with E-state index in [1.807, 2.05) is 0 Å². The molecule has 0 spiro atoms. The van der Waals surface area contributed by atoms with Crippen LogP contribution in [0.3, 0.4) is 0 Å². The molecule has 0 bridgehead atoms. The molecule has 4 heteroatoms. The fourth-order valence-corrected chi connectivity index (χ4v) is 1.89. The van der Waals surface area contributed by atoms with Crippen LogP contribution in [0.15, 0.2) is 5.11 Å². The Morgan fingerprint density at radius 2 is 2.08 bits per heavy atom.